The van der Waals surface area contributed by atoms with Crippen LogP contribution in [0, 0.1) is 20.8 Å². The van der Waals surface area contributed by atoms with Crippen LogP contribution in [0.2, 0.25) is 0 Å². The summed E-state index contributed by atoms with van der Waals surface area (Å²) in [5.41, 5.74) is 13.2. The summed E-state index contributed by atoms with van der Waals surface area (Å²) in [6, 6.07) is 32.4. The average molecular weight is 389 g/mol. The molecule has 148 valence electrons. The highest BCUT2D eigenvalue weighted by atomic mass is 14.5. The normalized spacial score (nSPS) is 13.7. The summed E-state index contributed by atoms with van der Waals surface area (Å²) in [5, 5.41) is 0. The van der Waals surface area contributed by atoms with Gasteiger partial charge in [0.1, 0.15) is 0 Å². The molecule has 0 heterocycles. The predicted octanol–water partition coefficient (Wildman–Crippen LogP) is 7.54. The molecular weight excluding hydrogens is 360 g/mol. The van der Waals surface area contributed by atoms with Crippen LogP contribution in [0.3, 0.4) is 0 Å². The van der Waals surface area contributed by atoms with Crippen LogP contribution in [0.1, 0.15) is 51.4 Å². The van der Waals surface area contributed by atoms with Crippen LogP contribution in [0.4, 0.5) is 0 Å². The van der Waals surface area contributed by atoms with E-state index in [4.69, 9.17) is 0 Å². The lowest BCUT2D eigenvalue weighted by Gasteiger charge is -2.34. The number of benzene rings is 4. The second-order valence-corrected chi connectivity index (χ2v) is 8.76. The summed E-state index contributed by atoms with van der Waals surface area (Å²) < 4.78 is 0. The molecule has 5 rings (SSSR count). The van der Waals surface area contributed by atoms with Gasteiger partial charge in [0.15, 0.2) is 0 Å². The van der Waals surface area contributed by atoms with Crippen molar-refractivity contribution in [1.29, 1.82) is 0 Å². The molecule has 4 aromatic rings. The van der Waals surface area contributed by atoms with E-state index in [0.717, 1.165) is 6.42 Å². The minimum Gasteiger partial charge on any atom is -0.0613 e. The number of hydrogen-bond acceptors (Lipinski definition) is 0. The molecule has 0 N–H and O–H groups in total. The predicted molar refractivity (Wildman–Crippen MR) is 127 cm³/mol. The first kappa shape index (κ1) is 18.9. The van der Waals surface area contributed by atoms with Crippen LogP contribution in [0.5, 0.6) is 0 Å². The topological polar surface area (TPSA) is 0 Å². The second kappa shape index (κ2) is 6.99. The fourth-order valence-corrected chi connectivity index (χ4v) is 5.13. The first-order valence-corrected chi connectivity index (χ1v) is 10.9. The van der Waals surface area contributed by atoms with Gasteiger partial charge in [0, 0.05) is 0 Å². The Kier molecular flexibility index (Phi) is 4.40. The maximum atomic E-state index is 2.40. The van der Waals surface area contributed by atoms with E-state index in [1.807, 2.05) is 0 Å². The molecule has 0 radical (unpaired) electrons. The second-order valence-electron chi connectivity index (χ2n) is 8.76. The number of aryl methyl sites for hydroxylation is 4. The number of hydrogen-bond donors (Lipinski definition) is 0. The van der Waals surface area contributed by atoms with Gasteiger partial charge in [0.25, 0.3) is 0 Å². The Labute approximate surface area is 180 Å². The van der Waals surface area contributed by atoms with Crippen molar-refractivity contribution in [3.8, 4) is 11.1 Å². The van der Waals surface area contributed by atoms with Crippen LogP contribution >= 0.6 is 0 Å². The molecule has 0 saturated heterocycles. The Bertz CT molecular complexity index is 1170. The molecule has 0 aromatic heterocycles. The van der Waals surface area contributed by atoms with Gasteiger partial charge in [-0.2, -0.15) is 0 Å². The molecule has 0 unspecified atom stereocenters. The van der Waals surface area contributed by atoms with E-state index in [9.17, 15) is 0 Å². The molecule has 1 aliphatic rings. The highest BCUT2D eigenvalue weighted by Gasteiger charge is 2.46. The molecule has 0 spiro atoms. The van der Waals surface area contributed by atoms with Gasteiger partial charge >= 0.3 is 0 Å². The fraction of sp³-hybridized carbons (Fsp3) is 0.200. The Hall–Kier alpha value is -3.12. The Morgan fingerprint density at radius 3 is 1.43 bits per heavy atom. The zero-order chi connectivity index (χ0) is 20.9. The lowest BCUT2D eigenvalue weighted by molar-refractivity contribution is 0.765. The molecule has 0 fully saturated rings. The Balaban J connectivity index is 1.94. The summed E-state index contributed by atoms with van der Waals surface area (Å²) >= 11 is 0. The van der Waals surface area contributed by atoms with Gasteiger partial charge in [-0.15, -0.1) is 0 Å². The van der Waals surface area contributed by atoms with Crippen molar-refractivity contribution in [2.75, 3.05) is 0 Å². The Morgan fingerprint density at radius 2 is 0.967 bits per heavy atom. The van der Waals surface area contributed by atoms with Gasteiger partial charge in [0.2, 0.25) is 0 Å². The SMILES string of the molecule is CCc1ccc(C2(c3ccc(C)cc3)c3cc(C)ccc3-c3ccc(C)cc32)cc1. The molecule has 30 heavy (non-hydrogen) atoms. The molecule has 0 saturated carbocycles. The zero-order valence-corrected chi connectivity index (χ0v) is 18.3. The summed E-state index contributed by atoms with van der Waals surface area (Å²) in [6.07, 6.45) is 1.06. The number of rotatable bonds is 3. The third-order valence-corrected chi connectivity index (χ3v) is 6.73. The van der Waals surface area contributed by atoms with Crippen molar-refractivity contribution >= 4 is 0 Å². The van der Waals surface area contributed by atoms with E-state index in [-0.39, 0.29) is 5.41 Å². The first-order valence-electron chi connectivity index (χ1n) is 10.9. The summed E-state index contributed by atoms with van der Waals surface area (Å²) in [7, 11) is 0. The van der Waals surface area contributed by atoms with E-state index in [1.165, 1.54) is 55.6 Å². The van der Waals surface area contributed by atoms with Crippen LogP contribution in [-0.2, 0) is 11.8 Å². The summed E-state index contributed by atoms with van der Waals surface area (Å²) in [5.74, 6) is 0. The van der Waals surface area contributed by atoms with Crippen LogP contribution < -0.4 is 0 Å². The lowest BCUT2D eigenvalue weighted by Crippen LogP contribution is -2.28. The van der Waals surface area contributed by atoms with Gasteiger partial charge < -0.3 is 0 Å². The van der Waals surface area contributed by atoms with Crippen molar-refractivity contribution < 1.29 is 0 Å². The van der Waals surface area contributed by atoms with E-state index in [1.54, 1.807) is 0 Å². The molecule has 0 amide bonds. The third-order valence-electron chi connectivity index (χ3n) is 6.73. The minimum absolute atomic E-state index is 0.289. The highest BCUT2D eigenvalue weighted by molar-refractivity contribution is 5.86. The fourth-order valence-electron chi connectivity index (χ4n) is 5.13. The molecule has 0 aliphatic heterocycles. The molecule has 0 bridgehead atoms. The smallest absolute Gasteiger partial charge is 0.0613 e. The molecule has 1 aliphatic carbocycles. The van der Waals surface area contributed by atoms with Crippen LogP contribution in [0.15, 0.2) is 84.9 Å². The van der Waals surface area contributed by atoms with Gasteiger partial charge in [-0.05, 0) is 66.1 Å². The molecule has 4 aromatic carbocycles. The maximum absolute atomic E-state index is 2.40. The summed E-state index contributed by atoms with van der Waals surface area (Å²) in [4.78, 5) is 0. The number of fused-ring (bicyclic) bond motifs is 3. The molecule has 0 nitrogen and oxygen atoms in total. The monoisotopic (exact) mass is 388 g/mol. The largest absolute Gasteiger partial charge is 0.0713 e. The van der Waals surface area contributed by atoms with Gasteiger partial charge in [-0.1, -0.05) is 109 Å². The van der Waals surface area contributed by atoms with Crippen molar-refractivity contribution in [2.24, 2.45) is 0 Å². The van der Waals surface area contributed by atoms with E-state index in [2.05, 4.69) is 113 Å². The minimum atomic E-state index is -0.289. The van der Waals surface area contributed by atoms with Gasteiger partial charge in [0.05, 0.1) is 5.41 Å². The van der Waals surface area contributed by atoms with Crippen LogP contribution in [0.25, 0.3) is 11.1 Å². The highest BCUT2D eigenvalue weighted by Crippen LogP contribution is 2.56. The molecule has 0 heteroatoms. The average Bonchev–Trinajstić information content (AvgIpc) is 3.04. The first-order chi connectivity index (χ1) is 14.5. The van der Waals surface area contributed by atoms with Crippen molar-refractivity contribution in [3.63, 3.8) is 0 Å². The van der Waals surface area contributed by atoms with E-state index in [0.29, 0.717) is 0 Å². The van der Waals surface area contributed by atoms with Crippen molar-refractivity contribution in [1.82, 2.24) is 0 Å². The third kappa shape index (κ3) is 2.67. The summed E-state index contributed by atoms with van der Waals surface area (Å²) in [6.45, 7) is 8.79. The standard InChI is InChI=1S/C30H28/c1-5-23-10-14-25(15-11-23)30(24-12-6-20(2)7-13-24)28-18-21(3)8-16-26(28)27-17-9-22(4)19-29(27)30/h6-19H,5H2,1-4H3. The molecule has 0 atom stereocenters. The maximum Gasteiger partial charge on any atom is 0.0713 e. The molecular formula is C30H28. The Morgan fingerprint density at radius 1 is 0.533 bits per heavy atom. The van der Waals surface area contributed by atoms with Gasteiger partial charge in [-0.25, -0.2) is 0 Å². The zero-order valence-electron chi connectivity index (χ0n) is 18.3. The van der Waals surface area contributed by atoms with E-state index < -0.39 is 0 Å². The lowest BCUT2D eigenvalue weighted by atomic mass is 9.67. The van der Waals surface area contributed by atoms with Crippen molar-refractivity contribution in [2.45, 2.75) is 39.5 Å². The van der Waals surface area contributed by atoms with Crippen molar-refractivity contribution in [3.05, 3.63) is 129 Å². The van der Waals surface area contributed by atoms with Crippen LogP contribution in [-0.4, -0.2) is 0 Å². The van der Waals surface area contributed by atoms with Gasteiger partial charge in [-0.3, -0.25) is 0 Å². The van der Waals surface area contributed by atoms with E-state index >= 15 is 0 Å². The quantitative estimate of drug-likeness (QED) is 0.299.